The molecule has 0 aromatic heterocycles. The lowest BCUT2D eigenvalue weighted by Gasteiger charge is -2.13. The van der Waals surface area contributed by atoms with Gasteiger partial charge in [-0.3, -0.25) is 4.79 Å². The highest BCUT2D eigenvalue weighted by molar-refractivity contribution is 5.83. The fourth-order valence-corrected chi connectivity index (χ4v) is 1.54. The van der Waals surface area contributed by atoms with Gasteiger partial charge >= 0.3 is 5.97 Å². The van der Waals surface area contributed by atoms with Crippen LogP contribution in [-0.2, 0) is 9.59 Å². The molecule has 0 heterocycles. The number of hydrogen-bond donors (Lipinski definition) is 3. The van der Waals surface area contributed by atoms with E-state index in [1.54, 1.807) is 0 Å². The molecule has 0 fully saturated rings. The summed E-state index contributed by atoms with van der Waals surface area (Å²) in [6.45, 7) is -0.582. The summed E-state index contributed by atoms with van der Waals surface area (Å²) in [5.74, 6) is -1.33. The minimum absolute atomic E-state index is 0.207. The molecule has 0 saturated heterocycles. The molecule has 0 aromatic carbocycles. The molecule has 0 saturated carbocycles. The second-order valence-electron chi connectivity index (χ2n) is 3.61. The van der Waals surface area contributed by atoms with Gasteiger partial charge in [-0.25, -0.2) is 4.79 Å². The lowest BCUT2D eigenvalue weighted by atomic mass is 10.0. The maximum Gasteiger partial charge on any atom is 0.328 e. The molecule has 1 amide bonds. The fraction of sp³-hybridized carbons (Fsp3) is 0.600. The molecule has 0 aliphatic heterocycles. The van der Waals surface area contributed by atoms with E-state index in [9.17, 15) is 9.59 Å². The molecule has 1 unspecified atom stereocenters. The minimum atomic E-state index is -1.21. The number of aliphatic hydroxyl groups excluding tert-OH is 1. The number of rotatable bonds is 5. The summed E-state index contributed by atoms with van der Waals surface area (Å²) in [6, 6.07) is -1.19. The van der Waals surface area contributed by atoms with Gasteiger partial charge in [0.15, 0.2) is 0 Å². The molecule has 3 N–H and O–H groups in total. The van der Waals surface area contributed by atoms with E-state index in [0.717, 1.165) is 12.8 Å². The number of amides is 1. The molecule has 84 valence electrons. The summed E-state index contributed by atoms with van der Waals surface area (Å²) in [5, 5.41) is 19.6. The number of nitrogens with one attached hydrogen (secondary N) is 1. The molecule has 0 bridgehead atoms. The van der Waals surface area contributed by atoms with E-state index in [1.165, 1.54) is 0 Å². The summed E-state index contributed by atoms with van der Waals surface area (Å²) < 4.78 is 0. The zero-order valence-electron chi connectivity index (χ0n) is 8.35. The molecule has 1 rings (SSSR count). The van der Waals surface area contributed by atoms with Crippen molar-refractivity contribution in [2.75, 3.05) is 6.61 Å². The molecule has 15 heavy (non-hydrogen) atoms. The number of allylic oxidation sites excluding steroid dienone is 2. The van der Waals surface area contributed by atoms with E-state index in [0.29, 0.717) is 6.42 Å². The zero-order valence-corrected chi connectivity index (χ0v) is 8.35. The maximum atomic E-state index is 11.4. The van der Waals surface area contributed by atoms with Crippen molar-refractivity contribution in [1.82, 2.24) is 5.32 Å². The first-order valence-corrected chi connectivity index (χ1v) is 4.93. The fourth-order valence-electron chi connectivity index (χ4n) is 1.54. The van der Waals surface area contributed by atoms with Crippen LogP contribution in [0.2, 0.25) is 0 Å². The van der Waals surface area contributed by atoms with Crippen LogP contribution in [0.25, 0.3) is 0 Å². The van der Waals surface area contributed by atoms with Crippen molar-refractivity contribution in [2.45, 2.75) is 25.3 Å². The SMILES string of the molecule is O=C(CC1C=CCC1)N[C@H](CO)C(=O)O. The Labute approximate surface area is 87.8 Å². The Morgan fingerprint density at radius 2 is 2.27 bits per heavy atom. The van der Waals surface area contributed by atoms with Crippen molar-refractivity contribution in [1.29, 1.82) is 0 Å². The highest BCUT2D eigenvalue weighted by atomic mass is 16.4. The quantitative estimate of drug-likeness (QED) is 0.557. The molecule has 0 radical (unpaired) electrons. The summed E-state index contributed by atoms with van der Waals surface area (Å²) in [7, 11) is 0. The molecule has 0 aromatic rings. The van der Waals surface area contributed by atoms with Gasteiger partial charge in [0.2, 0.25) is 5.91 Å². The third-order valence-electron chi connectivity index (χ3n) is 2.38. The van der Waals surface area contributed by atoms with Gasteiger partial charge in [-0.15, -0.1) is 0 Å². The van der Waals surface area contributed by atoms with Crippen LogP contribution in [0.4, 0.5) is 0 Å². The average molecular weight is 213 g/mol. The van der Waals surface area contributed by atoms with Gasteiger partial charge in [-0.2, -0.15) is 0 Å². The Morgan fingerprint density at radius 1 is 1.53 bits per heavy atom. The third-order valence-corrected chi connectivity index (χ3v) is 2.38. The predicted octanol–water partition coefficient (Wildman–Crippen LogP) is -0.0956. The number of aliphatic carboxylic acids is 1. The van der Waals surface area contributed by atoms with Gasteiger partial charge in [0.05, 0.1) is 6.61 Å². The third kappa shape index (κ3) is 3.71. The van der Waals surface area contributed by atoms with Crippen LogP contribution in [-0.4, -0.2) is 34.7 Å². The summed E-state index contributed by atoms with van der Waals surface area (Å²) in [4.78, 5) is 21.9. The van der Waals surface area contributed by atoms with Crippen LogP contribution in [0.15, 0.2) is 12.2 Å². The van der Waals surface area contributed by atoms with E-state index in [-0.39, 0.29) is 11.8 Å². The van der Waals surface area contributed by atoms with Crippen molar-refractivity contribution >= 4 is 11.9 Å². The molecular formula is C10H15NO4. The molecule has 1 aliphatic rings. The van der Waals surface area contributed by atoms with Gasteiger partial charge in [-0.1, -0.05) is 12.2 Å². The number of hydrogen-bond acceptors (Lipinski definition) is 3. The van der Waals surface area contributed by atoms with Crippen LogP contribution in [0.3, 0.4) is 0 Å². The van der Waals surface area contributed by atoms with Gasteiger partial charge in [0.1, 0.15) is 6.04 Å². The Morgan fingerprint density at radius 3 is 2.73 bits per heavy atom. The van der Waals surface area contributed by atoms with Crippen molar-refractivity contribution in [3.63, 3.8) is 0 Å². The predicted molar refractivity (Wildman–Crippen MR) is 53.1 cm³/mol. The largest absolute Gasteiger partial charge is 0.480 e. The Bertz CT molecular complexity index is 275. The standard InChI is InChI=1S/C10H15NO4/c12-6-8(10(14)15)11-9(13)5-7-3-1-2-4-7/h1,3,7-8,12H,2,4-6H2,(H,11,13)(H,14,15)/t7?,8-/m1/s1. The van der Waals surface area contributed by atoms with Crippen molar-refractivity contribution in [3.8, 4) is 0 Å². The van der Waals surface area contributed by atoms with Gasteiger partial charge in [0.25, 0.3) is 0 Å². The molecule has 1 aliphatic carbocycles. The Balaban J connectivity index is 2.33. The van der Waals surface area contributed by atoms with Crippen LogP contribution < -0.4 is 5.32 Å². The number of carboxylic acid groups (broad SMARTS) is 1. The summed E-state index contributed by atoms with van der Waals surface area (Å²) >= 11 is 0. The summed E-state index contributed by atoms with van der Waals surface area (Å²) in [5.41, 5.74) is 0. The van der Waals surface area contributed by atoms with Crippen LogP contribution >= 0.6 is 0 Å². The summed E-state index contributed by atoms with van der Waals surface area (Å²) in [6.07, 6.45) is 6.18. The van der Waals surface area contributed by atoms with Gasteiger partial charge in [0, 0.05) is 6.42 Å². The molecule has 5 nitrogen and oxygen atoms in total. The first-order valence-electron chi connectivity index (χ1n) is 4.93. The Hall–Kier alpha value is -1.36. The second kappa shape index (κ2) is 5.50. The average Bonchev–Trinajstić information content (AvgIpc) is 2.66. The highest BCUT2D eigenvalue weighted by Gasteiger charge is 2.20. The first-order chi connectivity index (χ1) is 7.13. The van der Waals surface area contributed by atoms with Crippen LogP contribution in [0.1, 0.15) is 19.3 Å². The van der Waals surface area contributed by atoms with E-state index in [2.05, 4.69) is 5.32 Å². The minimum Gasteiger partial charge on any atom is -0.480 e. The number of carboxylic acids is 1. The lowest BCUT2D eigenvalue weighted by molar-refractivity contribution is -0.143. The monoisotopic (exact) mass is 213 g/mol. The zero-order chi connectivity index (χ0) is 11.3. The first kappa shape index (κ1) is 11.7. The van der Waals surface area contributed by atoms with Crippen molar-refractivity contribution < 1.29 is 19.8 Å². The van der Waals surface area contributed by atoms with Crippen LogP contribution in [0.5, 0.6) is 0 Å². The van der Waals surface area contributed by atoms with E-state index >= 15 is 0 Å². The lowest BCUT2D eigenvalue weighted by Crippen LogP contribution is -2.43. The number of aliphatic hydroxyl groups is 1. The van der Waals surface area contributed by atoms with Crippen molar-refractivity contribution in [2.24, 2.45) is 5.92 Å². The topological polar surface area (TPSA) is 86.6 Å². The van der Waals surface area contributed by atoms with Gasteiger partial charge in [-0.05, 0) is 18.8 Å². The number of carbonyl (C=O) groups excluding carboxylic acids is 1. The smallest absolute Gasteiger partial charge is 0.328 e. The van der Waals surface area contributed by atoms with Gasteiger partial charge < -0.3 is 15.5 Å². The Kier molecular flexibility index (Phi) is 4.30. The molecular weight excluding hydrogens is 198 g/mol. The molecule has 0 spiro atoms. The van der Waals surface area contributed by atoms with E-state index < -0.39 is 18.6 Å². The molecule has 5 heteroatoms. The maximum absolute atomic E-state index is 11.4. The van der Waals surface area contributed by atoms with E-state index in [4.69, 9.17) is 10.2 Å². The molecule has 2 atom stereocenters. The highest BCUT2D eigenvalue weighted by Crippen LogP contribution is 2.19. The van der Waals surface area contributed by atoms with Crippen molar-refractivity contribution in [3.05, 3.63) is 12.2 Å². The van der Waals surface area contributed by atoms with E-state index in [1.807, 2.05) is 12.2 Å². The normalized spacial score (nSPS) is 21.3. The van der Waals surface area contributed by atoms with Crippen LogP contribution in [0, 0.1) is 5.92 Å². The second-order valence-corrected chi connectivity index (χ2v) is 3.61. The number of carbonyl (C=O) groups is 2.